The van der Waals surface area contributed by atoms with Gasteiger partial charge >= 0.3 is 0 Å². The Morgan fingerprint density at radius 2 is 1.89 bits per heavy atom. The van der Waals surface area contributed by atoms with E-state index in [0.29, 0.717) is 18.7 Å². The average molecular weight is 253 g/mol. The highest BCUT2D eigenvalue weighted by Crippen LogP contribution is 2.27. The molecule has 0 saturated carbocycles. The molecule has 3 aromatic rings. The first kappa shape index (κ1) is 11.7. The zero-order chi connectivity index (χ0) is 13.2. The summed E-state index contributed by atoms with van der Waals surface area (Å²) >= 11 is 0. The summed E-state index contributed by atoms with van der Waals surface area (Å²) in [5.74, 6) is -0.0948. The third-order valence-corrected chi connectivity index (χ3v) is 3.22. The van der Waals surface area contributed by atoms with Gasteiger partial charge in [-0.25, -0.2) is 0 Å². The lowest BCUT2D eigenvalue weighted by Gasteiger charge is -2.04. The molecule has 4 heteroatoms. The number of hydrogen-bond acceptors (Lipinski definition) is 2. The zero-order valence-electron chi connectivity index (χ0n) is 10.4. The predicted octanol–water partition coefficient (Wildman–Crippen LogP) is 2.01. The molecular weight excluding hydrogens is 238 g/mol. The Balaban J connectivity index is 2.18. The van der Waals surface area contributed by atoms with Crippen molar-refractivity contribution in [3.8, 4) is 0 Å². The lowest BCUT2D eigenvalue weighted by atomic mass is 10.1. The Hall–Kier alpha value is -2.33. The summed E-state index contributed by atoms with van der Waals surface area (Å²) in [6, 6.07) is 13.8. The SMILES string of the molecule is NCCNC(=O)c1cccc2c1[nH]c1ccccc12. The van der Waals surface area contributed by atoms with Crippen molar-refractivity contribution in [2.75, 3.05) is 13.1 Å². The maximum atomic E-state index is 12.1. The number of aromatic amines is 1. The Bertz CT molecular complexity index is 745. The molecule has 1 heterocycles. The summed E-state index contributed by atoms with van der Waals surface area (Å²) in [5, 5.41) is 5.00. The maximum Gasteiger partial charge on any atom is 0.253 e. The second-order valence-electron chi connectivity index (χ2n) is 4.44. The molecule has 1 amide bonds. The molecule has 96 valence electrons. The average Bonchev–Trinajstić information content (AvgIpc) is 2.83. The van der Waals surface area contributed by atoms with E-state index in [-0.39, 0.29) is 5.91 Å². The summed E-state index contributed by atoms with van der Waals surface area (Å²) in [7, 11) is 0. The lowest BCUT2D eigenvalue weighted by molar-refractivity contribution is 0.0956. The van der Waals surface area contributed by atoms with Crippen LogP contribution < -0.4 is 11.1 Å². The molecule has 4 N–H and O–H groups in total. The van der Waals surface area contributed by atoms with Crippen LogP contribution >= 0.6 is 0 Å². The molecular formula is C15H15N3O. The van der Waals surface area contributed by atoms with E-state index in [1.807, 2.05) is 36.4 Å². The van der Waals surface area contributed by atoms with Gasteiger partial charge in [-0.2, -0.15) is 0 Å². The predicted molar refractivity (Wildman–Crippen MR) is 77.2 cm³/mol. The van der Waals surface area contributed by atoms with Crippen molar-refractivity contribution in [2.24, 2.45) is 5.73 Å². The molecule has 0 saturated heterocycles. The largest absolute Gasteiger partial charge is 0.354 e. The summed E-state index contributed by atoms with van der Waals surface area (Å²) in [6.45, 7) is 0.921. The Kier molecular flexibility index (Phi) is 2.93. The maximum absolute atomic E-state index is 12.1. The van der Waals surface area contributed by atoms with E-state index in [2.05, 4.69) is 16.4 Å². The summed E-state index contributed by atoms with van der Waals surface area (Å²) < 4.78 is 0. The molecule has 0 aliphatic carbocycles. The fourth-order valence-electron chi connectivity index (χ4n) is 2.34. The van der Waals surface area contributed by atoms with E-state index < -0.39 is 0 Å². The van der Waals surface area contributed by atoms with Gasteiger partial charge in [0.1, 0.15) is 0 Å². The number of H-pyrrole nitrogens is 1. The Morgan fingerprint density at radius 3 is 2.74 bits per heavy atom. The summed E-state index contributed by atoms with van der Waals surface area (Å²) in [6.07, 6.45) is 0. The standard InChI is InChI=1S/C15H15N3O/c16-8-9-17-15(19)12-6-3-5-11-10-4-1-2-7-13(10)18-14(11)12/h1-7,18H,8-9,16H2,(H,17,19). The molecule has 0 spiro atoms. The number of para-hydroxylation sites is 2. The number of carbonyl (C=O) groups is 1. The molecule has 0 aliphatic heterocycles. The van der Waals surface area contributed by atoms with Gasteiger partial charge in [-0.3, -0.25) is 4.79 Å². The molecule has 0 unspecified atom stereocenters. The highest BCUT2D eigenvalue weighted by atomic mass is 16.1. The quantitative estimate of drug-likeness (QED) is 0.668. The summed E-state index contributed by atoms with van der Waals surface area (Å²) in [4.78, 5) is 15.4. The van der Waals surface area contributed by atoms with Crippen LogP contribution in [0.5, 0.6) is 0 Å². The molecule has 1 aromatic heterocycles. The minimum absolute atomic E-state index is 0.0948. The van der Waals surface area contributed by atoms with E-state index in [4.69, 9.17) is 5.73 Å². The van der Waals surface area contributed by atoms with Crippen LogP contribution in [0.3, 0.4) is 0 Å². The first-order valence-corrected chi connectivity index (χ1v) is 6.29. The third kappa shape index (κ3) is 1.96. The van der Waals surface area contributed by atoms with Crippen molar-refractivity contribution in [1.29, 1.82) is 0 Å². The van der Waals surface area contributed by atoms with Gasteiger partial charge < -0.3 is 16.0 Å². The molecule has 0 radical (unpaired) electrons. The molecule has 0 bridgehead atoms. The van der Waals surface area contributed by atoms with Gasteiger partial charge in [0, 0.05) is 29.4 Å². The van der Waals surface area contributed by atoms with E-state index >= 15 is 0 Å². The highest BCUT2D eigenvalue weighted by molar-refractivity contribution is 6.14. The molecule has 0 atom stereocenters. The lowest BCUT2D eigenvalue weighted by Crippen LogP contribution is -2.29. The van der Waals surface area contributed by atoms with Crippen molar-refractivity contribution in [2.45, 2.75) is 0 Å². The topological polar surface area (TPSA) is 70.9 Å². The van der Waals surface area contributed by atoms with Crippen LogP contribution in [0.25, 0.3) is 21.8 Å². The van der Waals surface area contributed by atoms with Gasteiger partial charge in [0.05, 0.1) is 11.1 Å². The van der Waals surface area contributed by atoms with Crippen LogP contribution in [0.4, 0.5) is 0 Å². The van der Waals surface area contributed by atoms with Crippen LogP contribution in [-0.2, 0) is 0 Å². The van der Waals surface area contributed by atoms with Crippen molar-refractivity contribution < 1.29 is 4.79 Å². The number of hydrogen-bond donors (Lipinski definition) is 3. The van der Waals surface area contributed by atoms with E-state index in [0.717, 1.165) is 21.8 Å². The van der Waals surface area contributed by atoms with E-state index in [1.165, 1.54) is 0 Å². The number of nitrogens with one attached hydrogen (secondary N) is 2. The number of benzene rings is 2. The number of carbonyl (C=O) groups excluding carboxylic acids is 1. The van der Waals surface area contributed by atoms with Gasteiger partial charge in [0.25, 0.3) is 5.91 Å². The normalized spacial score (nSPS) is 11.0. The number of aromatic nitrogens is 1. The van der Waals surface area contributed by atoms with E-state index in [1.54, 1.807) is 0 Å². The van der Waals surface area contributed by atoms with Crippen LogP contribution in [0.1, 0.15) is 10.4 Å². The van der Waals surface area contributed by atoms with Crippen LogP contribution in [-0.4, -0.2) is 24.0 Å². The number of rotatable bonds is 3. The van der Waals surface area contributed by atoms with Gasteiger partial charge in [-0.1, -0.05) is 30.3 Å². The van der Waals surface area contributed by atoms with Crippen LogP contribution in [0.15, 0.2) is 42.5 Å². The molecule has 3 rings (SSSR count). The fraction of sp³-hybridized carbons (Fsp3) is 0.133. The van der Waals surface area contributed by atoms with Crippen molar-refractivity contribution in [1.82, 2.24) is 10.3 Å². The van der Waals surface area contributed by atoms with Crippen LogP contribution in [0, 0.1) is 0 Å². The molecule has 0 fully saturated rings. The van der Waals surface area contributed by atoms with Gasteiger partial charge in [-0.05, 0) is 12.1 Å². The second-order valence-corrected chi connectivity index (χ2v) is 4.44. The Morgan fingerprint density at radius 1 is 1.11 bits per heavy atom. The monoisotopic (exact) mass is 253 g/mol. The smallest absolute Gasteiger partial charge is 0.253 e. The van der Waals surface area contributed by atoms with Crippen molar-refractivity contribution >= 4 is 27.7 Å². The van der Waals surface area contributed by atoms with Crippen LogP contribution in [0.2, 0.25) is 0 Å². The summed E-state index contributed by atoms with van der Waals surface area (Å²) in [5.41, 5.74) is 7.97. The fourth-order valence-corrected chi connectivity index (χ4v) is 2.34. The van der Waals surface area contributed by atoms with Crippen molar-refractivity contribution in [3.05, 3.63) is 48.0 Å². The first-order valence-electron chi connectivity index (χ1n) is 6.29. The number of nitrogens with two attached hydrogens (primary N) is 1. The third-order valence-electron chi connectivity index (χ3n) is 3.22. The molecule has 19 heavy (non-hydrogen) atoms. The number of fused-ring (bicyclic) bond motifs is 3. The number of amides is 1. The molecule has 0 aliphatic rings. The van der Waals surface area contributed by atoms with Gasteiger partial charge in [0.15, 0.2) is 0 Å². The molecule has 4 nitrogen and oxygen atoms in total. The second kappa shape index (κ2) is 4.74. The first-order chi connectivity index (χ1) is 9.31. The van der Waals surface area contributed by atoms with Gasteiger partial charge in [0.2, 0.25) is 0 Å². The minimum Gasteiger partial charge on any atom is -0.354 e. The van der Waals surface area contributed by atoms with E-state index in [9.17, 15) is 4.79 Å². The van der Waals surface area contributed by atoms with Gasteiger partial charge in [-0.15, -0.1) is 0 Å². The minimum atomic E-state index is -0.0948. The Labute approximate surface area is 110 Å². The van der Waals surface area contributed by atoms with Crippen molar-refractivity contribution in [3.63, 3.8) is 0 Å². The highest BCUT2D eigenvalue weighted by Gasteiger charge is 2.12. The molecule has 2 aromatic carbocycles. The zero-order valence-corrected chi connectivity index (χ0v) is 10.4.